The van der Waals surface area contributed by atoms with Crippen LogP contribution in [0.1, 0.15) is 28.1 Å². The van der Waals surface area contributed by atoms with E-state index in [9.17, 15) is 14.0 Å². The van der Waals surface area contributed by atoms with Gasteiger partial charge in [-0.2, -0.15) is 0 Å². The van der Waals surface area contributed by atoms with Gasteiger partial charge in [0.15, 0.2) is 0 Å². The predicted octanol–water partition coefficient (Wildman–Crippen LogP) is 2.47. The minimum absolute atomic E-state index is 0.0223. The van der Waals surface area contributed by atoms with Crippen molar-refractivity contribution in [3.05, 3.63) is 59.5 Å². The monoisotopic (exact) mass is 374 g/mol. The largest absolute Gasteiger partial charge is 0.469 e. The Morgan fingerprint density at radius 3 is 2.78 bits per heavy atom. The van der Waals surface area contributed by atoms with Crippen molar-refractivity contribution in [3.63, 3.8) is 0 Å². The summed E-state index contributed by atoms with van der Waals surface area (Å²) >= 11 is 0. The second-order valence-corrected chi connectivity index (χ2v) is 6.62. The number of carbonyl (C=O) groups is 2. The van der Waals surface area contributed by atoms with Crippen molar-refractivity contribution >= 4 is 11.8 Å². The number of ether oxygens (including phenoxy) is 1. The molecule has 1 aromatic carbocycles. The molecule has 0 saturated carbocycles. The summed E-state index contributed by atoms with van der Waals surface area (Å²) in [5.41, 5.74) is 1.40. The second kappa shape index (κ2) is 8.81. The molecule has 3 rings (SSSR count). The molecule has 1 saturated heterocycles. The lowest BCUT2D eigenvalue weighted by Crippen LogP contribution is -2.44. The molecule has 27 heavy (non-hydrogen) atoms. The fourth-order valence-corrected chi connectivity index (χ4v) is 3.18. The van der Waals surface area contributed by atoms with Crippen LogP contribution in [-0.4, -0.2) is 48.6 Å². The zero-order chi connectivity index (χ0) is 19.2. The Morgan fingerprint density at radius 1 is 1.30 bits per heavy atom. The van der Waals surface area contributed by atoms with Gasteiger partial charge in [0.25, 0.3) is 5.91 Å². The van der Waals surface area contributed by atoms with Gasteiger partial charge >= 0.3 is 0 Å². The molecule has 0 unspecified atom stereocenters. The molecule has 1 aliphatic rings. The molecular weight excluding hydrogens is 351 g/mol. The molecule has 0 aliphatic carbocycles. The topological polar surface area (TPSA) is 71.8 Å². The minimum Gasteiger partial charge on any atom is -0.469 e. The van der Waals surface area contributed by atoms with Crippen molar-refractivity contribution in [1.82, 2.24) is 10.2 Å². The lowest BCUT2D eigenvalue weighted by molar-refractivity contribution is -0.126. The van der Waals surface area contributed by atoms with Gasteiger partial charge in [-0.25, -0.2) is 4.39 Å². The summed E-state index contributed by atoms with van der Waals surface area (Å²) in [5.74, 6) is -0.0690. The molecule has 1 aliphatic heterocycles. The average Bonchev–Trinajstić information content (AvgIpc) is 3.25. The van der Waals surface area contributed by atoms with Crippen LogP contribution in [0.3, 0.4) is 0 Å². The fraction of sp³-hybridized carbons (Fsp3) is 0.400. The van der Waals surface area contributed by atoms with Crippen molar-refractivity contribution in [2.75, 3.05) is 19.7 Å². The van der Waals surface area contributed by atoms with Gasteiger partial charge in [-0.15, -0.1) is 0 Å². The fourth-order valence-electron chi connectivity index (χ4n) is 3.18. The Morgan fingerprint density at radius 2 is 2.07 bits per heavy atom. The molecule has 1 aromatic heterocycles. The number of rotatable bonds is 7. The number of carbonyl (C=O) groups excluding carboxylic acids is 2. The second-order valence-electron chi connectivity index (χ2n) is 6.62. The standard InChI is InChI=1S/C20H23FN2O4/c1-14-18(7-8-27-14)20(25)23-11-16(21)9-17(23)10-22-19(24)13-26-12-15-5-3-2-4-6-15/h2-8,16-17H,9-13H2,1H3,(H,22,24)/t16-,17-/m0/s1. The first-order valence-electron chi connectivity index (χ1n) is 8.92. The van der Waals surface area contributed by atoms with Crippen LogP contribution in [0.25, 0.3) is 0 Å². The molecular formula is C20H23FN2O4. The summed E-state index contributed by atoms with van der Waals surface area (Å²) in [5, 5.41) is 2.73. The predicted molar refractivity (Wildman–Crippen MR) is 96.9 cm³/mol. The molecule has 0 spiro atoms. The van der Waals surface area contributed by atoms with Gasteiger partial charge in [-0.1, -0.05) is 30.3 Å². The van der Waals surface area contributed by atoms with E-state index in [0.29, 0.717) is 17.9 Å². The number of furan rings is 1. The molecule has 1 fully saturated rings. The smallest absolute Gasteiger partial charge is 0.257 e. The number of nitrogens with zero attached hydrogens (tertiary/aromatic N) is 1. The summed E-state index contributed by atoms with van der Waals surface area (Å²) in [4.78, 5) is 26.1. The summed E-state index contributed by atoms with van der Waals surface area (Å²) in [6, 6.07) is 10.7. The zero-order valence-electron chi connectivity index (χ0n) is 15.2. The third kappa shape index (κ3) is 4.95. The van der Waals surface area contributed by atoms with Crippen molar-refractivity contribution < 1.29 is 23.1 Å². The van der Waals surface area contributed by atoms with E-state index in [1.54, 1.807) is 13.0 Å². The highest BCUT2D eigenvalue weighted by atomic mass is 19.1. The SMILES string of the molecule is Cc1occc1C(=O)N1C[C@@H](F)C[C@H]1CNC(=O)COCc1ccccc1. The summed E-state index contributed by atoms with van der Waals surface area (Å²) in [7, 11) is 0. The molecule has 144 valence electrons. The van der Waals surface area contributed by atoms with E-state index < -0.39 is 6.17 Å². The van der Waals surface area contributed by atoms with Crippen LogP contribution in [0.15, 0.2) is 47.1 Å². The van der Waals surface area contributed by atoms with Gasteiger partial charge in [-0.05, 0) is 18.6 Å². The van der Waals surface area contributed by atoms with Crippen molar-refractivity contribution in [3.8, 4) is 0 Å². The van der Waals surface area contributed by atoms with Gasteiger partial charge in [0.1, 0.15) is 18.5 Å². The van der Waals surface area contributed by atoms with Crippen LogP contribution in [0.4, 0.5) is 4.39 Å². The van der Waals surface area contributed by atoms with Crippen LogP contribution in [-0.2, 0) is 16.1 Å². The Hall–Kier alpha value is -2.67. The first-order valence-corrected chi connectivity index (χ1v) is 8.92. The van der Waals surface area contributed by atoms with Crippen molar-refractivity contribution in [2.45, 2.75) is 32.2 Å². The van der Waals surface area contributed by atoms with E-state index in [-0.39, 0.29) is 44.0 Å². The summed E-state index contributed by atoms with van der Waals surface area (Å²) in [6.07, 6.45) is 0.539. The molecule has 6 nitrogen and oxygen atoms in total. The molecule has 2 atom stereocenters. The number of benzene rings is 1. The Bertz CT molecular complexity index is 777. The molecule has 2 amide bonds. The van der Waals surface area contributed by atoms with Gasteiger partial charge < -0.3 is 19.4 Å². The first kappa shape index (κ1) is 19.1. The van der Waals surface area contributed by atoms with Crippen LogP contribution < -0.4 is 5.32 Å². The third-order valence-electron chi connectivity index (χ3n) is 4.59. The van der Waals surface area contributed by atoms with Crippen LogP contribution >= 0.6 is 0 Å². The highest BCUT2D eigenvalue weighted by molar-refractivity contribution is 5.95. The Labute approximate surface area is 157 Å². The van der Waals surface area contributed by atoms with Gasteiger partial charge in [-0.3, -0.25) is 9.59 Å². The highest BCUT2D eigenvalue weighted by Gasteiger charge is 2.36. The first-order chi connectivity index (χ1) is 13.0. The molecule has 7 heteroatoms. The number of halogens is 1. The molecule has 2 heterocycles. The van der Waals surface area contributed by atoms with E-state index in [2.05, 4.69) is 5.32 Å². The average molecular weight is 374 g/mol. The Balaban J connectivity index is 1.47. The molecule has 0 bridgehead atoms. The minimum atomic E-state index is -1.10. The van der Waals surface area contributed by atoms with E-state index >= 15 is 0 Å². The number of likely N-dealkylation sites (tertiary alicyclic amines) is 1. The van der Waals surface area contributed by atoms with E-state index in [1.165, 1.54) is 11.2 Å². The zero-order valence-corrected chi connectivity index (χ0v) is 15.2. The van der Waals surface area contributed by atoms with Gasteiger partial charge in [0, 0.05) is 13.0 Å². The quantitative estimate of drug-likeness (QED) is 0.808. The maximum Gasteiger partial charge on any atom is 0.257 e. The summed E-state index contributed by atoms with van der Waals surface area (Å²) in [6.45, 7) is 2.16. The number of hydrogen-bond acceptors (Lipinski definition) is 4. The number of aryl methyl sites for hydroxylation is 1. The van der Waals surface area contributed by atoms with Crippen LogP contribution in [0, 0.1) is 6.92 Å². The van der Waals surface area contributed by atoms with Gasteiger partial charge in [0.2, 0.25) is 5.91 Å². The van der Waals surface area contributed by atoms with Gasteiger partial charge in [0.05, 0.1) is 31.0 Å². The third-order valence-corrected chi connectivity index (χ3v) is 4.59. The van der Waals surface area contributed by atoms with Crippen LogP contribution in [0.5, 0.6) is 0 Å². The Kier molecular flexibility index (Phi) is 6.24. The van der Waals surface area contributed by atoms with E-state index in [0.717, 1.165) is 5.56 Å². The normalized spacial score (nSPS) is 19.3. The molecule has 2 aromatic rings. The maximum absolute atomic E-state index is 13.9. The van der Waals surface area contributed by atoms with Crippen molar-refractivity contribution in [1.29, 1.82) is 0 Å². The van der Waals surface area contributed by atoms with E-state index in [1.807, 2.05) is 30.3 Å². The molecule has 1 N–H and O–H groups in total. The highest BCUT2D eigenvalue weighted by Crippen LogP contribution is 2.23. The number of alkyl halides is 1. The van der Waals surface area contributed by atoms with E-state index in [4.69, 9.17) is 9.15 Å². The van der Waals surface area contributed by atoms with Crippen molar-refractivity contribution in [2.24, 2.45) is 0 Å². The number of amides is 2. The summed E-state index contributed by atoms with van der Waals surface area (Å²) < 4.78 is 24.4. The molecule has 0 radical (unpaired) electrons. The maximum atomic E-state index is 13.9. The lowest BCUT2D eigenvalue weighted by Gasteiger charge is -2.24. The number of nitrogens with one attached hydrogen (secondary N) is 1. The number of hydrogen-bond donors (Lipinski definition) is 1. The van der Waals surface area contributed by atoms with Crippen LogP contribution in [0.2, 0.25) is 0 Å². The lowest BCUT2D eigenvalue weighted by atomic mass is 10.2.